The first kappa shape index (κ1) is 19.9. The van der Waals surface area contributed by atoms with Gasteiger partial charge in [0.1, 0.15) is 0 Å². The first-order chi connectivity index (χ1) is 14.1. The second-order valence-electron chi connectivity index (χ2n) is 8.83. The summed E-state index contributed by atoms with van der Waals surface area (Å²) in [5.74, 6) is 0.696. The Labute approximate surface area is 172 Å². The monoisotopic (exact) mass is 397 g/mol. The predicted octanol–water partition coefficient (Wildman–Crippen LogP) is 1.89. The average molecular weight is 398 g/mol. The minimum absolute atomic E-state index is 0.0271. The zero-order valence-corrected chi connectivity index (χ0v) is 16.9. The lowest BCUT2D eigenvalue weighted by Gasteiger charge is -2.39. The lowest BCUT2D eigenvalue weighted by Crippen LogP contribution is -2.55. The smallest absolute Gasteiger partial charge is 0.228 e. The van der Waals surface area contributed by atoms with Crippen LogP contribution >= 0.6 is 0 Å². The Kier molecular flexibility index (Phi) is 6.16. The van der Waals surface area contributed by atoms with Gasteiger partial charge in [0.05, 0.1) is 5.92 Å². The van der Waals surface area contributed by atoms with Gasteiger partial charge in [-0.25, -0.2) is 0 Å². The maximum Gasteiger partial charge on any atom is 0.228 e. The van der Waals surface area contributed by atoms with Crippen LogP contribution in [-0.4, -0.2) is 48.3 Å². The van der Waals surface area contributed by atoms with Crippen molar-refractivity contribution in [2.24, 2.45) is 17.8 Å². The van der Waals surface area contributed by atoms with Crippen molar-refractivity contribution in [3.05, 3.63) is 35.9 Å². The van der Waals surface area contributed by atoms with E-state index in [-0.39, 0.29) is 29.7 Å². The molecule has 2 bridgehead atoms. The van der Waals surface area contributed by atoms with Gasteiger partial charge in [-0.1, -0.05) is 30.3 Å². The molecule has 6 heteroatoms. The highest BCUT2D eigenvalue weighted by atomic mass is 16.2. The third-order valence-corrected chi connectivity index (χ3v) is 6.76. The van der Waals surface area contributed by atoms with Crippen LogP contribution in [0.1, 0.15) is 44.1 Å². The summed E-state index contributed by atoms with van der Waals surface area (Å²) in [4.78, 5) is 38.6. The minimum Gasteiger partial charge on any atom is -0.355 e. The number of hydrogen-bond acceptors (Lipinski definition) is 3. The Bertz CT molecular complexity index is 737. The molecule has 0 radical (unpaired) electrons. The van der Waals surface area contributed by atoms with E-state index in [0.717, 1.165) is 32.1 Å². The summed E-state index contributed by atoms with van der Waals surface area (Å²) in [7, 11) is 0. The molecule has 2 unspecified atom stereocenters. The number of nitrogens with one attached hydrogen (secondary N) is 2. The number of fused-ring (bicyclic) bond motifs is 2. The van der Waals surface area contributed by atoms with Gasteiger partial charge in [0.2, 0.25) is 17.7 Å². The van der Waals surface area contributed by atoms with Crippen LogP contribution in [0.2, 0.25) is 0 Å². The van der Waals surface area contributed by atoms with Gasteiger partial charge < -0.3 is 15.5 Å². The largest absolute Gasteiger partial charge is 0.355 e. The van der Waals surface area contributed by atoms with E-state index in [9.17, 15) is 14.4 Å². The maximum atomic E-state index is 12.7. The highest BCUT2D eigenvalue weighted by Crippen LogP contribution is 2.37. The van der Waals surface area contributed by atoms with Gasteiger partial charge in [0.25, 0.3) is 0 Å². The number of nitrogens with zero attached hydrogens (tertiary/aromatic N) is 1. The molecule has 1 aromatic rings. The fraction of sp³-hybridized carbons (Fsp3) is 0.609. The van der Waals surface area contributed by atoms with Crippen LogP contribution in [0.25, 0.3) is 0 Å². The van der Waals surface area contributed by atoms with E-state index in [1.54, 1.807) is 0 Å². The number of carbonyl (C=O) groups is 3. The van der Waals surface area contributed by atoms with Crippen LogP contribution in [0.3, 0.4) is 0 Å². The Morgan fingerprint density at radius 1 is 1.07 bits per heavy atom. The summed E-state index contributed by atoms with van der Waals surface area (Å²) in [5, 5.41) is 6.03. The van der Waals surface area contributed by atoms with Crippen molar-refractivity contribution in [1.29, 1.82) is 0 Å². The molecule has 2 saturated heterocycles. The summed E-state index contributed by atoms with van der Waals surface area (Å²) < 4.78 is 0. The number of aryl methyl sites for hydroxylation is 1. The van der Waals surface area contributed by atoms with Crippen LogP contribution in [-0.2, 0) is 20.8 Å². The third kappa shape index (κ3) is 4.80. The number of rotatable bonds is 7. The Morgan fingerprint density at radius 3 is 2.45 bits per heavy atom. The van der Waals surface area contributed by atoms with Gasteiger partial charge in [0, 0.05) is 38.5 Å². The standard InChI is InChI=1S/C23H31N3O3/c27-20(9-5-4-8-16-6-2-1-3-7-16)25-22-17-10-11-18(22)15-26(14-17)23(29)19-12-21(28)24-13-19/h1-3,6-7,17-19,22H,4-5,8-15H2,(H,24,28)(H,25,27)/t17-,18+,19?,22?. The summed E-state index contributed by atoms with van der Waals surface area (Å²) in [6.07, 6.45) is 5.94. The second-order valence-corrected chi connectivity index (χ2v) is 8.83. The molecule has 3 amide bonds. The average Bonchev–Trinajstić information content (AvgIpc) is 3.24. The number of piperidine rings is 1. The zero-order chi connectivity index (χ0) is 20.2. The predicted molar refractivity (Wildman–Crippen MR) is 110 cm³/mol. The Balaban J connectivity index is 1.21. The highest BCUT2D eigenvalue weighted by Gasteiger charge is 2.45. The molecule has 2 aliphatic heterocycles. The van der Waals surface area contributed by atoms with Gasteiger partial charge in [0.15, 0.2) is 0 Å². The van der Waals surface area contributed by atoms with E-state index in [2.05, 4.69) is 34.9 Å². The van der Waals surface area contributed by atoms with Gasteiger partial charge in [-0.2, -0.15) is 0 Å². The third-order valence-electron chi connectivity index (χ3n) is 6.76. The summed E-state index contributed by atoms with van der Waals surface area (Å²) in [6.45, 7) is 1.88. The lowest BCUT2D eigenvalue weighted by molar-refractivity contribution is -0.138. The molecule has 6 nitrogen and oxygen atoms in total. The molecular formula is C23H31N3O3. The van der Waals surface area contributed by atoms with E-state index < -0.39 is 0 Å². The van der Waals surface area contributed by atoms with E-state index in [0.29, 0.717) is 44.3 Å². The normalized spacial score (nSPS) is 28.3. The van der Waals surface area contributed by atoms with Crippen molar-refractivity contribution < 1.29 is 14.4 Å². The Hall–Kier alpha value is -2.37. The summed E-state index contributed by atoms with van der Waals surface area (Å²) >= 11 is 0. The number of amides is 3. The van der Waals surface area contributed by atoms with E-state index in [1.165, 1.54) is 5.56 Å². The lowest BCUT2D eigenvalue weighted by atomic mass is 9.90. The van der Waals surface area contributed by atoms with Gasteiger partial charge in [-0.05, 0) is 49.5 Å². The molecule has 156 valence electrons. The number of likely N-dealkylation sites (tertiary alicyclic amines) is 1. The van der Waals surface area contributed by atoms with Crippen molar-refractivity contribution >= 4 is 17.7 Å². The topological polar surface area (TPSA) is 78.5 Å². The van der Waals surface area contributed by atoms with Gasteiger partial charge in [-0.3, -0.25) is 14.4 Å². The molecule has 29 heavy (non-hydrogen) atoms. The molecule has 4 rings (SSSR count). The SMILES string of the molecule is O=C1CC(C(=O)N2C[C@H]3CC[C@@H](C2)C3NC(=O)CCCCc2ccccc2)CN1. The molecule has 1 aliphatic carbocycles. The quantitative estimate of drug-likeness (QED) is 0.690. The number of hydrogen-bond donors (Lipinski definition) is 2. The summed E-state index contributed by atoms with van der Waals surface area (Å²) in [6, 6.07) is 10.6. The van der Waals surface area contributed by atoms with Crippen molar-refractivity contribution in [2.75, 3.05) is 19.6 Å². The molecule has 2 heterocycles. The van der Waals surface area contributed by atoms with Crippen LogP contribution in [0.5, 0.6) is 0 Å². The van der Waals surface area contributed by atoms with Crippen LogP contribution in [0.4, 0.5) is 0 Å². The first-order valence-electron chi connectivity index (χ1n) is 11.0. The molecule has 0 aromatic heterocycles. The molecule has 0 spiro atoms. The van der Waals surface area contributed by atoms with Crippen molar-refractivity contribution in [3.8, 4) is 0 Å². The molecule has 4 atom stereocenters. The van der Waals surface area contributed by atoms with Crippen LogP contribution < -0.4 is 10.6 Å². The molecule has 3 aliphatic rings. The maximum absolute atomic E-state index is 12.7. The number of unbranched alkanes of at least 4 members (excludes halogenated alkanes) is 1. The van der Waals surface area contributed by atoms with Crippen LogP contribution in [0, 0.1) is 17.8 Å². The van der Waals surface area contributed by atoms with Gasteiger partial charge >= 0.3 is 0 Å². The minimum atomic E-state index is -0.211. The summed E-state index contributed by atoms with van der Waals surface area (Å²) in [5.41, 5.74) is 1.32. The molecule has 3 fully saturated rings. The molecule has 2 N–H and O–H groups in total. The van der Waals surface area contributed by atoms with Gasteiger partial charge in [-0.15, -0.1) is 0 Å². The van der Waals surface area contributed by atoms with Crippen molar-refractivity contribution in [1.82, 2.24) is 15.5 Å². The van der Waals surface area contributed by atoms with Crippen molar-refractivity contribution in [2.45, 2.75) is 51.0 Å². The van der Waals surface area contributed by atoms with E-state index in [1.807, 2.05) is 11.0 Å². The fourth-order valence-electron chi connectivity index (χ4n) is 5.19. The highest BCUT2D eigenvalue weighted by molar-refractivity contribution is 5.89. The fourth-order valence-corrected chi connectivity index (χ4v) is 5.19. The Morgan fingerprint density at radius 2 is 1.79 bits per heavy atom. The van der Waals surface area contributed by atoms with E-state index >= 15 is 0 Å². The second kappa shape index (κ2) is 8.97. The van der Waals surface area contributed by atoms with Crippen LogP contribution in [0.15, 0.2) is 30.3 Å². The number of benzene rings is 1. The van der Waals surface area contributed by atoms with E-state index in [4.69, 9.17) is 0 Å². The van der Waals surface area contributed by atoms with Crippen molar-refractivity contribution in [3.63, 3.8) is 0 Å². The first-order valence-corrected chi connectivity index (χ1v) is 11.0. The molecule has 1 saturated carbocycles. The molecule has 1 aromatic carbocycles. The molecular weight excluding hydrogens is 366 g/mol. The number of carbonyl (C=O) groups excluding carboxylic acids is 3. The zero-order valence-electron chi connectivity index (χ0n) is 16.9.